The number of benzene rings is 1. The standard InChI is InChI=1S/C12H10N2.CH2N4/c1-2-5-11-10(4-1)6-9-14-8-3-7-13-12(11)14;1-2-4-5-3-1/h1-6,8-9H,7H2;1H,(H,2,3,4,5). The minimum atomic E-state index is 0.786. The molecule has 4 rings (SSSR count). The zero-order chi connectivity index (χ0) is 12.9. The van der Waals surface area contributed by atoms with E-state index in [2.05, 4.69) is 79.3 Å². The number of aromatic amines is 1. The first-order valence-electron chi connectivity index (χ1n) is 5.89. The number of rotatable bonds is 0. The van der Waals surface area contributed by atoms with Crippen LogP contribution >= 0.6 is 0 Å². The molecule has 0 fully saturated rings. The predicted molar refractivity (Wildman–Crippen MR) is 72.0 cm³/mol. The van der Waals surface area contributed by atoms with Crippen LogP contribution < -0.4 is 0 Å². The molecule has 19 heavy (non-hydrogen) atoms. The molecule has 0 bridgehead atoms. The number of nitrogens with one attached hydrogen (secondary N) is 1. The van der Waals surface area contributed by atoms with Gasteiger partial charge in [-0.25, -0.2) is 5.10 Å². The van der Waals surface area contributed by atoms with Crippen LogP contribution in [0.1, 0.15) is 11.1 Å². The van der Waals surface area contributed by atoms with E-state index >= 15 is 0 Å². The highest BCUT2D eigenvalue weighted by molar-refractivity contribution is 6.05. The third-order valence-electron chi connectivity index (χ3n) is 2.74. The fraction of sp³-hybridized carbons (Fsp3) is 0.0769. The molecule has 0 spiro atoms. The summed E-state index contributed by atoms with van der Waals surface area (Å²) in [6.45, 7) is 0.786. The maximum atomic E-state index is 4.50. The number of nitrogens with zero attached hydrogens (tertiary/aromatic N) is 5. The first-order chi connectivity index (χ1) is 9.45. The van der Waals surface area contributed by atoms with Gasteiger partial charge >= 0.3 is 0 Å². The lowest BCUT2D eigenvalue weighted by Gasteiger charge is -2.25. The Morgan fingerprint density at radius 2 is 2.11 bits per heavy atom. The minimum absolute atomic E-state index is 0.786. The van der Waals surface area contributed by atoms with E-state index in [1.807, 2.05) is 0 Å². The van der Waals surface area contributed by atoms with Gasteiger partial charge < -0.3 is 4.90 Å². The van der Waals surface area contributed by atoms with Gasteiger partial charge in [-0.2, -0.15) is 0 Å². The summed E-state index contributed by atoms with van der Waals surface area (Å²) in [7, 11) is 0. The molecule has 94 valence electrons. The van der Waals surface area contributed by atoms with Crippen molar-refractivity contribution in [3.8, 4) is 0 Å². The second kappa shape index (κ2) is 5.26. The molecule has 3 heterocycles. The largest absolute Gasteiger partial charge is 0.309 e. The maximum absolute atomic E-state index is 4.50. The summed E-state index contributed by atoms with van der Waals surface area (Å²) in [5, 5.41) is 12.1. The Balaban J connectivity index is 0.000000187. The number of H-pyrrole nitrogens is 1. The van der Waals surface area contributed by atoms with Crippen molar-refractivity contribution in [2.75, 3.05) is 6.54 Å². The summed E-state index contributed by atoms with van der Waals surface area (Å²) < 4.78 is 0. The molecule has 2 aliphatic heterocycles. The molecule has 1 aromatic heterocycles. The molecule has 0 radical (unpaired) electrons. The number of aliphatic imine (C=N–C) groups is 1. The fourth-order valence-electron chi connectivity index (χ4n) is 1.93. The van der Waals surface area contributed by atoms with Crippen molar-refractivity contribution in [3.05, 3.63) is 60.2 Å². The first-order valence-corrected chi connectivity index (χ1v) is 5.89. The Hall–Kier alpha value is -2.76. The second-order valence-electron chi connectivity index (χ2n) is 3.92. The highest BCUT2D eigenvalue weighted by Crippen LogP contribution is 2.21. The summed E-state index contributed by atoms with van der Waals surface area (Å²) in [5.74, 6) is 1.06. The summed E-state index contributed by atoms with van der Waals surface area (Å²) >= 11 is 0. The van der Waals surface area contributed by atoms with Crippen molar-refractivity contribution in [1.29, 1.82) is 0 Å². The lowest BCUT2D eigenvalue weighted by Crippen LogP contribution is -2.27. The van der Waals surface area contributed by atoms with Crippen LogP contribution in [0.5, 0.6) is 0 Å². The predicted octanol–water partition coefficient (Wildman–Crippen LogP) is 1.45. The molecule has 0 unspecified atom stereocenters. The summed E-state index contributed by atoms with van der Waals surface area (Å²) in [4.78, 5) is 6.56. The van der Waals surface area contributed by atoms with Gasteiger partial charge in [0, 0.05) is 18.0 Å². The van der Waals surface area contributed by atoms with Gasteiger partial charge in [0.05, 0.1) is 6.54 Å². The van der Waals surface area contributed by atoms with E-state index in [0.717, 1.165) is 12.4 Å². The topological polar surface area (TPSA) is 70.1 Å². The number of hydrogen-bond donors (Lipinski definition) is 1. The number of tetrazole rings is 1. The van der Waals surface area contributed by atoms with Crippen LogP contribution in [0, 0.1) is 0 Å². The SMILES string of the molecule is C1=CN2C=Cc3ccccc3C2=NC1.c1nnn[nH]1. The van der Waals surface area contributed by atoms with Crippen molar-refractivity contribution in [1.82, 2.24) is 25.5 Å². The van der Waals surface area contributed by atoms with Gasteiger partial charge in [-0.15, -0.1) is 5.10 Å². The van der Waals surface area contributed by atoms with E-state index in [4.69, 9.17) is 0 Å². The molecule has 1 N–H and O–H groups in total. The number of hydrogen-bond acceptors (Lipinski definition) is 5. The van der Waals surface area contributed by atoms with Crippen LogP contribution in [-0.2, 0) is 0 Å². The number of aromatic nitrogens is 4. The molecule has 2 aliphatic rings. The van der Waals surface area contributed by atoms with E-state index in [9.17, 15) is 0 Å². The molecule has 2 aromatic rings. The lowest BCUT2D eigenvalue weighted by molar-refractivity contribution is 0.734. The number of fused-ring (bicyclic) bond motifs is 3. The van der Waals surface area contributed by atoms with E-state index in [-0.39, 0.29) is 0 Å². The van der Waals surface area contributed by atoms with Crippen molar-refractivity contribution < 1.29 is 0 Å². The van der Waals surface area contributed by atoms with Gasteiger partial charge in [0.15, 0.2) is 0 Å². The fourth-order valence-corrected chi connectivity index (χ4v) is 1.93. The smallest absolute Gasteiger partial charge is 0.139 e. The molecule has 0 saturated heterocycles. The van der Waals surface area contributed by atoms with E-state index in [0.29, 0.717) is 0 Å². The van der Waals surface area contributed by atoms with Gasteiger partial charge in [-0.05, 0) is 28.1 Å². The Morgan fingerprint density at radius 1 is 1.16 bits per heavy atom. The van der Waals surface area contributed by atoms with Gasteiger partial charge in [0.1, 0.15) is 12.2 Å². The average Bonchev–Trinajstić information content (AvgIpc) is 3.07. The Labute approximate surface area is 110 Å². The molecule has 0 saturated carbocycles. The van der Waals surface area contributed by atoms with Crippen molar-refractivity contribution in [2.24, 2.45) is 4.99 Å². The normalized spacial score (nSPS) is 14.9. The summed E-state index contributed by atoms with van der Waals surface area (Å²) in [6.07, 6.45) is 9.69. The summed E-state index contributed by atoms with van der Waals surface area (Å²) in [5.41, 5.74) is 2.47. The van der Waals surface area contributed by atoms with Gasteiger partial charge in [0.25, 0.3) is 0 Å². The Bertz CT molecular complexity index is 609. The average molecular weight is 252 g/mol. The summed E-state index contributed by atoms with van der Waals surface area (Å²) in [6, 6.07) is 8.34. The molecule has 0 aliphatic carbocycles. The third-order valence-corrected chi connectivity index (χ3v) is 2.74. The van der Waals surface area contributed by atoms with Crippen molar-refractivity contribution in [3.63, 3.8) is 0 Å². The molecular formula is C13H12N6. The quantitative estimate of drug-likeness (QED) is 0.770. The van der Waals surface area contributed by atoms with E-state index in [1.165, 1.54) is 17.5 Å². The molecule has 6 heteroatoms. The maximum Gasteiger partial charge on any atom is 0.139 e. The lowest BCUT2D eigenvalue weighted by atomic mass is 10.0. The zero-order valence-corrected chi connectivity index (χ0v) is 10.1. The number of amidine groups is 1. The van der Waals surface area contributed by atoms with Crippen LogP contribution in [0.15, 0.2) is 54.1 Å². The van der Waals surface area contributed by atoms with Crippen LogP contribution in [0.4, 0.5) is 0 Å². The van der Waals surface area contributed by atoms with E-state index in [1.54, 1.807) is 0 Å². The van der Waals surface area contributed by atoms with Crippen LogP contribution in [-0.4, -0.2) is 37.9 Å². The first kappa shape index (κ1) is 11.3. The van der Waals surface area contributed by atoms with Crippen LogP contribution in [0.2, 0.25) is 0 Å². The van der Waals surface area contributed by atoms with E-state index < -0.39 is 0 Å². The second-order valence-corrected chi connectivity index (χ2v) is 3.92. The monoisotopic (exact) mass is 252 g/mol. The van der Waals surface area contributed by atoms with Crippen LogP contribution in [0.25, 0.3) is 6.08 Å². The van der Waals surface area contributed by atoms with Gasteiger partial charge in [0.2, 0.25) is 0 Å². The Morgan fingerprint density at radius 3 is 2.89 bits per heavy atom. The highest BCUT2D eigenvalue weighted by atomic mass is 15.5. The van der Waals surface area contributed by atoms with Crippen molar-refractivity contribution in [2.45, 2.75) is 0 Å². The van der Waals surface area contributed by atoms with Crippen LogP contribution in [0.3, 0.4) is 0 Å². The molecule has 0 amide bonds. The molecule has 6 nitrogen and oxygen atoms in total. The molecule has 0 atom stereocenters. The molecular weight excluding hydrogens is 240 g/mol. The van der Waals surface area contributed by atoms with Gasteiger partial charge in [-0.1, -0.05) is 24.3 Å². The highest BCUT2D eigenvalue weighted by Gasteiger charge is 2.17. The molecule has 1 aromatic carbocycles. The van der Waals surface area contributed by atoms with Gasteiger partial charge in [-0.3, -0.25) is 4.99 Å². The Kier molecular flexibility index (Phi) is 3.14. The zero-order valence-electron chi connectivity index (χ0n) is 10.1. The third kappa shape index (κ3) is 2.42. The minimum Gasteiger partial charge on any atom is -0.309 e. The van der Waals surface area contributed by atoms with Crippen molar-refractivity contribution >= 4 is 11.9 Å².